The molecule has 0 amide bonds. The lowest BCUT2D eigenvalue weighted by atomic mass is 9.83. The predicted molar refractivity (Wildman–Crippen MR) is 137 cm³/mol. The van der Waals surface area contributed by atoms with E-state index in [1.165, 1.54) is 18.4 Å². The van der Waals surface area contributed by atoms with Crippen LogP contribution >= 0.6 is 0 Å². The van der Waals surface area contributed by atoms with E-state index in [9.17, 15) is 4.79 Å². The summed E-state index contributed by atoms with van der Waals surface area (Å²) in [6.07, 6.45) is 5.80. The topological polar surface area (TPSA) is 38.8 Å². The molecular weight excluding hydrogens is 434 g/mol. The molecule has 3 atom stereocenters. The molecule has 3 aromatic rings. The summed E-state index contributed by atoms with van der Waals surface area (Å²) in [5, 5.41) is 0. The van der Waals surface area contributed by atoms with Crippen LogP contribution in [-0.2, 0) is 16.0 Å². The van der Waals surface area contributed by atoms with E-state index in [4.69, 9.17) is 9.47 Å². The molecule has 1 aliphatic carbocycles. The van der Waals surface area contributed by atoms with E-state index in [1.54, 1.807) is 0 Å². The van der Waals surface area contributed by atoms with Crippen LogP contribution in [0.15, 0.2) is 78.9 Å². The fraction of sp³-hybridized carbons (Fsp3) is 0.387. The van der Waals surface area contributed by atoms with Crippen LogP contribution in [0.3, 0.4) is 0 Å². The Balaban J connectivity index is 1.20. The lowest BCUT2D eigenvalue weighted by Gasteiger charge is -2.42. The van der Waals surface area contributed by atoms with Crippen molar-refractivity contribution in [3.63, 3.8) is 0 Å². The number of carbonyl (C=O) groups is 1. The number of carbonyl (C=O) groups excluding carboxylic acids is 1. The molecule has 6 rings (SSSR count). The van der Waals surface area contributed by atoms with Gasteiger partial charge in [-0.1, -0.05) is 79.6 Å². The maximum Gasteiger partial charge on any atom is 0.318 e. The molecule has 0 aromatic heterocycles. The summed E-state index contributed by atoms with van der Waals surface area (Å²) >= 11 is 0. The molecule has 0 spiro atoms. The highest BCUT2D eigenvalue weighted by atomic mass is 16.5. The van der Waals surface area contributed by atoms with Gasteiger partial charge in [0, 0.05) is 42.6 Å². The molecule has 2 heterocycles. The van der Waals surface area contributed by atoms with E-state index in [0.29, 0.717) is 11.8 Å². The second-order valence-corrected chi connectivity index (χ2v) is 10.3. The van der Waals surface area contributed by atoms with E-state index < -0.39 is 5.92 Å². The van der Waals surface area contributed by atoms with Crippen molar-refractivity contribution in [1.82, 2.24) is 4.90 Å². The van der Waals surface area contributed by atoms with Crippen LogP contribution in [0.4, 0.5) is 0 Å². The maximum absolute atomic E-state index is 13.8. The molecule has 2 bridgehead atoms. The van der Waals surface area contributed by atoms with Gasteiger partial charge < -0.3 is 14.4 Å². The molecular formula is C31H33NO3. The summed E-state index contributed by atoms with van der Waals surface area (Å²) in [4.78, 5) is 16.4. The number of piperidine rings is 1. The van der Waals surface area contributed by atoms with E-state index in [0.717, 1.165) is 61.5 Å². The van der Waals surface area contributed by atoms with Crippen LogP contribution in [0.5, 0.6) is 11.5 Å². The zero-order valence-corrected chi connectivity index (χ0v) is 20.1. The third-order valence-corrected chi connectivity index (χ3v) is 8.04. The molecule has 3 aromatic carbocycles. The van der Waals surface area contributed by atoms with E-state index in [1.807, 2.05) is 48.5 Å². The Morgan fingerprint density at radius 2 is 1.37 bits per heavy atom. The first-order valence-corrected chi connectivity index (χ1v) is 13.1. The molecule has 4 heteroatoms. The molecule has 180 valence electrons. The Bertz CT molecular complexity index is 1120. The normalized spacial score (nSPS) is 23.9. The monoisotopic (exact) mass is 467 g/mol. The lowest BCUT2D eigenvalue weighted by Crippen LogP contribution is -2.51. The van der Waals surface area contributed by atoms with Crippen LogP contribution in [-0.4, -0.2) is 36.6 Å². The van der Waals surface area contributed by atoms with Crippen LogP contribution < -0.4 is 4.74 Å². The van der Waals surface area contributed by atoms with E-state index in [2.05, 4.69) is 35.2 Å². The van der Waals surface area contributed by atoms with Gasteiger partial charge in [-0.15, -0.1) is 0 Å². The van der Waals surface area contributed by atoms with E-state index >= 15 is 0 Å². The standard InChI is InChI=1S/C31H33NO3/c33-31(29-25-14-6-8-16-27(25)34-28-17-9-7-15-26(28)29)35-30-23-12-4-5-13-24(30)21-32(20-23)19-18-22-10-2-1-3-11-22/h1-3,6-11,14-17,23-24,29-30H,4-5,12-13,18-21H2/t23-,24+,30?. The van der Waals surface area contributed by atoms with Gasteiger partial charge in [0.1, 0.15) is 23.5 Å². The summed E-state index contributed by atoms with van der Waals surface area (Å²) in [5.41, 5.74) is 3.19. The lowest BCUT2D eigenvalue weighted by molar-refractivity contribution is -0.160. The van der Waals surface area contributed by atoms with Gasteiger partial charge in [0.05, 0.1) is 0 Å². The number of hydrogen-bond donors (Lipinski definition) is 0. The molecule has 3 aliphatic rings. The van der Waals surface area contributed by atoms with Crippen molar-refractivity contribution in [2.24, 2.45) is 11.8 Å². The van der Waals surface area contributed by atoms with Gasteiger partial charge in [-0.05, 0) is 37.0 Å². The smallest absolute Gasteiger partial charge is 0.318 e. The second-order valence-electron chi connectivity index (χ2n) is 10.3. The number of nitrogens with zero attached hydrogens (tertiary/aromatic N) is 1. The molecule has 2 fully saturated rings. The summed E-state index contributed by atoms with van der Waals surface area (Å²) in [6, 6.07) is 26.5. The third kappa shape index (κ3) is 4.60. The SMILES string of the molecule is O=C(OC1[C@@H]2CCCC[C@H]1CN(CCc1ccccc1)C2)C1c2ccccc2Oc2ccccc21. The van der Waals surface area contributed by atoms with Gasteiger partial charge >= 0.3 is 5.97 Å². The Morgan fingerprint density at radius 1 is 0.800 bits per heavy atom. The van der Waals surface area contributed by atoms with Gasteiger partial charge in [-0.25, -0.2) is 0 Å². The Kier molecular flexibility index (Phi) is 6.30. The summed E-state index contributed by atoms with van der Waals surface area (Å²) < 4.78 is 12.6. The predicted octanol–water partition coefficient (Wildman–Crippen LogP) is 6.20. The molecule has 1 saturated carbocycles. The second kappa shape index (κ2) is 9.87. The summed E-state index contributed by atoms with van der Waals surface area (Å²) in [7, 11) is 0. The highest BCUT2D eigenvalue weighted by Crippen LogP contribution is 2.45. The van der Waals surface area contributed by atoms with Gasteiger partial charge in [-0.3, -0.25) is 4.79 Å². The molecule has 1 saturated heterocycles. The van der Waals surface area contributed by atoms with Crippen molar-refractivity contribution in [3.05, 3.63) is 95.6 Å². The number of para-hydroxylation sites is 2. The average Bonchev–Trinajstić information content (AvgIpc) is 3.00. The van der Waals surface area contributed by atoms with Crippen molar-refractivity contribution < 1.29 is 14.3 Å². The molecule has 1 unspecified atom stereocenters. The Morgan fingerprint density at radius 3 is 2.00 bits per heavy atom. The number of benzene rings is 3. The quantitative estimate of drug-likeness (QED) is 0.419. The number of ether oxygens (including phenoxy) is 2. The molecule has 0 radical (unpaired) electrons. The highest BCUT2D eigenvalue weighted by molar-refractivity contribution is 5.85. The van der Waals surface area contributed by atoms with Gasteiger partial charge in [-0.2, -0.15) is 0 Å². The van der Waals surface area contributed by atoms with Gasteiger partial charge in [0.25, 0.3) is 0 Å². The largest absolute Gasteiger partial charge is 0.461 e. The number of likely N-dealkylation sites (tertiary alicyclic amines) is 1. The first kappa shape index (κ1) is 22.4. The fourth-order valence-corrected chi connectivity index (χ4v) is 6.33. The van der Waals surface area contributed by atoms with Gasteiger partial charge in [0.15, 0.2) is 0 Å². The Hall–Kier alpha value is -3.11. The van der Waals surface area contributed by atoms with Crippen LogP contribution in [0, 0.1) is 11.8 Å². The van der Waals surface area contributed by atoms with Gasteiger partial charge in [0.2, 0.25) is 0 Å². The zero-order chi connectivity index (χ0) is 23.6. The highest BCUT2D eigenvalue weighted by Gasteiger charge is 2.42. The fourth-order valence-electron chi connectivity index (χ4n) is 6.33. The first-order valence-electron chi connectivity index (χ1n) is 13.1. The molecule has 35 heavy (non-hydrogen) atoms. The van der Waals surface area contributed by atoms with Crippen LogP contribution in [0.25, 0.3) is 0 Å². The molecule has 2 aliphatic heterocycles. The number of fused-ring (bicyclic) bond motifs is 4. The van der Waals surface area contributed by atoms with E-state index in [-0.39, 0.29) is 12.1 Å². The average molecular weight is 468 g/mol. The maximum atomic E-state index is 13.8. The van der Waals surface area contributed by atoms with Crippen LogP contribution in [0.1, 0.15) is 48.3 Å². The molecule has 4 nitrogen and oxygen atoms in total. The number of hydrogen-bond acceptors (Lipinski definition) is 4. The summed E-state index contributed by atoms with van der Waals surface area (Å²) in [6.45, 7) is 3.10. The third-order valence-electron chi connectivity index (χ3n) is 8.04. The minimum atomic E-state index is -0.436. The van der Waals surface area contributed by atoms with Crippen molar-refractivity contribution >= 4 is 5.97 Å². The minimum absolute atomic E-state index is 0.000134. The van der Waals surface area contributed by atoms with Crippen molar-refractivity contribution in [2.45, 2.75) is 44.1 Å². The van der Waals surface area contributed by atoms with Crippen molar-refractivity contribution in [3.8, 4) is 11.5 Å². The molecule has 0 N–H and O–H groups in total. The first-order chi connectivity index (χ1) is 17.3. The van der Waals surface area contributed by atoms with Crippen molar-refractivity contribution in [2.75, 3.05) is 19.6 Å². The minimum Gasteiger partial charge on any atom is -0.461 e. The van der Waals surface area contributed by atoms with Crippen molar-refractivity contribution in [1.29, 1.82) is 0 Å². The number of rotatable bonds is 5. The zero-order valence-electron chi connectivity index (χ0n) is 20.1. The summed E-state index contributed by atoms with van der Waals surface area (Å²) in [5.74, 6) is 1.74. The van der Waals surface area contributed by atoms with Crippen LogP contribution in [0.2, 0.25) is 0 Å². The Labute approximate surface area is 207 Å². The number of esters is 1.